The van der Waals surface area contributed by atoms with Crippen LogP contribution in [0.4, 0.5) is 4.79 Å². The Morgan fingerprint density at radius 1 is 1.29 bits per heavy atom. The van der Waals surface area contributed by atoms with E-state index in [1.807, 2.05) is 17.1 Å². The molecule has 2 heterocycles. The molecule has 2 aliphatic heterocycles. The monoisotopic (exact) mass is 467 g/mol. The number of benzene rings is 1. The van der Waals surface area contributed by atoms with Gasteiger partial charge in [-0.25, -0.2) is 9.80 Å². The smallest absolute Gasteiger partial charge is 0.410 e. The molecule has 1 aromatic rings. The van der Waals surface area contributed by atoms with Crippen molar-refractivity contribution in [2.45, 2.75) is 41.7 Å². The van der Waals surface area contributed by atoms with Crippen molar-refractivity contribution in [3.05, 3.63) is 34.3 Å². The molecular weight excluding hydrogens is 448 g/mol. The first-order chi connectivity index (χ1) is 13.3. The average Bonchev–Trinajstić information content (AvgIpc) is 3.06. The van der Waals surface area contributed by atoms with Crippen molar-refractivity contribution in [2.24, 2.45) is 0 Å². The Kier molecular flexibility index (Phi) is 7.34. The molecule has 0 aromatic heterocycles. The van der Waals surface area contributed by atoms with Crippen LogP contribution in [0.1, 0.15) is 36.4 Å². The van der Waals surface area contributed by atoms with Crippen LogP contribution >= 0.6 is 46.4 Å². The number of hydrogen-bond acceptors (Lipinski definition) is 5. The third-order valence-corrected chi connectivity index (χ3v) is 5.57. The highest BCUT2D eigenvalue weighted by molar-refractivity contribution is 6.67. The third kappa shape index (κ3) is 5.43. The van der Waals surface area contributed by atoms with Gasteiger partial charge in [0, 0.05) is 24.7 Å². The minimum absolute atomic E-state index is 0.111. The third-order valence-electron chi connectivity index (χ3n) is 5.01. The molecule has 1 N–H and O–H groups in total. The molecule has 0 radical (unpaired) electrons. The van der Waals surface area contributed by atoms with Gasteiger partial charge in [0.25, 0.3) is 0 Å². The highest BCUT2D eigenvalue weighted by atomic mass is 35.6. The SMILES string of the molecule is O=C[C@H]1CCCN1NCc1cc(Cl)ccc1C1CCN1C(=O)OCC(Cl)(Cl)Cl. The van der Waals surface area contributed by atoms with Gasteiger partial charge in [0.2, 0.25) is 3.79 Å². The Morgan fingerprint density at radius 3 is 2.71 bits per heavy atom. The fourth-order valence-electron chi connectivity index (χ4n) is 3.53. The number of ether oxygens (including phenoxy) is 1. The summed E-state index contributed by atoms with van der Waals surface area (Å²) in [5.74, 6) is 0. The van der Waals surface area contributed by atoms with Gasteiger partial charge in [0.05, 0.1) is 12.1 Å². The van der Waals surface area contributed by atoms with Crippen LogP contribution in [-0.2, 0) is 16.1 Å². The summed E-state index contributed by atoms with van der Waals surface area (Å²) in [5, 5.41) is 2.56. The van der Waals surface area contributed by atoms with Crippen molar-refractivity contribution in [2.75, 3.05) is 19.7 Å². The first kappa shape index (κ1) is 21.9. The number of rotatable bonds is 6. The van der Waals surface area contributed by atoms with Crippen molar-refractivity contribution in [3.63, 3.8) is 0 Å². The number of hydrazine groups is 1. The van der Waals surface area contributed by atoms with E-state index in [0.29, 0.717) is 18.1 Å². The van der Waals surface area contributed by atoms with Gasteiger partial charge in [0.1, 0.15) is 12.9 Å². The molecule has 3 rings (SSSR count). The van der Waals surface area contributed by atoms with Crippen molar-refractivity contribution < 1.29 is 14.3 Å². The predicted octanol–water partition coefficient (Wildman–Crippen LogP) is 4.26. The highest BCUT2D eigenvalue weighted by Crippen LogP contribution is 2.37. The minimum atomic E-state index is -1.64. The topological polar surface area (TPSA) is 61.9 Å². The number of alkyl halides is 3. The van der Waals surface area contributed by atoms with Crippen molar-refractivity contribution >= 4 is 58.8 Å². The van der Waals surface area contributed by atoms with Gasteiger partial charge in [-0.1, -0.05) is 52.5 Å². The molecule has 10 heteroatoms. The summed E-state index contributed by atoms with van der Waals surface area (Å²) in [5.41, 5.74) is 5.26. The number of aldehydes is 1. The molecule has 28 heavy (non-hydrogen) atoms. The number of carbonyl (C=O) groups excluding carboxylic acids is 2. The molecule has 1 unspecified atom stereocenters. The van der Waals surface area contributed by atoms with Crippen molar-refractivity contribution in [3.8, 4) is 0 Å². The van der Waals surface area contributed by atoms with Gasteiger partial charge < -0.3 is 14.4 Å². The number of nitrogens with zero attached hydrogens (tertiary/aromatic N) is 2. The van der Waals surface area contributed by atoms with Gasteiger partial charge in [-0.05, 0) is 42.5 Å². The van der Waals surface area contributed by atoms with Crippen LogP contribution in [0, 0.1) is 0 Å². The zero-order valence-electron chi connectivity index (χ0n) is 15.0. The molecular formula is C18H21Cl4N3O3. The maximum atomic E-state index is 12.3. The molecule has 2 aliphatic rings. The molecule has 1 amide bonds. The lowest BCUT2D eigenvalue weighted by Gasteiger charge is -2.41. The van der Waals surface area contributed by atoms with E-state index in [-0.39, 0.29) is 18.7 Å². The van der Waals surface area contributed by atoms with E-state index >= 15 is 0 Å². The van der Waals surface area contributed by atoms with Crippen LogP contribution in [0.2, 0.25) is 5.02 Å². The Hall–Kier alpha value is -0.760. The number of hydrogen-bond donors (Lipinski definition) is 1. The fourth-order valence-corrected chi connectivity index (χ4v) is 3.88. The summed E-state index contributed by atoms with van der Waals surface area (Å²) in [7, 11) is 0. The summed E-state index contributed by atoms with van der Waals surface area (Å²) in [6.07, 6.45) is 3.08. The molecule has 2 saturated heterocycles. The molecule has 0 saturated carbocycles. The standard InChI is InChI=1S/C18H21Cl4N3O3/c19-13-3-4-15(12(8-13)9-23-25-6-1-2-14(25)10-26)16-5-7-24(16)17(27)28-11-18(20,21)22/h3-4,8,10,14,16,23H,1-2,5-7,9,11H2/t14-,16?/m1/s1. The Bertz CT molecular complexity index is 729. The van der Waals surface area contributed by atoms with Crippen LogP contribution < -0.4 is 5.43 Å². The fraction of sp³-hybridized carbons (Fsp3) is 0.556. The number of amides is 1. The predicted molar refractivity (Wildman–Crippen MR) is 110 cm³/mol. The Balaban J connectivity index is 1.68. The summed E-state index contributed by atoms with van der Waals surface area (Å²) in [6, 6.07) is 5.35. The molecule has 2 atom stereocenters. The zero-order valence-corrected chi connectivity index (χ0v) is 18.1. The number of carbonyl (C=O) groups is 2. The number of halogens is 4. The first-order valence-electron chi connectivity index (χ1n) is 9.02. The number of nitrogens with one attached hydrogen (secondary N) is 1. The van der Waals surface area contributed by atoms with Crippen LogP contribution in [0.5, 0.6) is 0 Å². The maximum absolute atomic E-state index is 12.3. The molecule has 6 nitrogen and oxygen atoms in total. The average molecular weight is 469 g/mol. The molecule has 1 aromatic carbocycles. The van der Waals surface area contributed by atoms with E-state index in [0.717, 1.165) is 43.2 Å². The Labute approximate surface area is 183 Å². The lowest BCUT2D eigenvalue weighted by Crippen LogP contribution is -2.47. The molecule has 2 fully saturated rings. The van der Waals surface area contributed by atoms with Crippen molar-refractivity contribution in [1.29, 1.82) is 0 Å². The van der Waals surface area contributed by atoms with Gasteiger partial charge in [-0.3, -0.25) is 5.43 Å². The van der Waals surface area contributed by atoms with E-state index in [4.69, 9.17) is 51.1 Å². The van der Waals surface area contributed by atoms with E-state index in [1.54, 1.807) is 11.0 Å². The molecule has 0 spiro atoms. The van der Waals surface area contributed by atoms with E-state index in [1.165, 1.54) is 0 Å². The summed E-state index contributed by atoms with van der Waals surface area (Å²) >= 11 is 23.1. The van der Waals surface area contributed by atoms with E-state index in [9.17, 15) is 9.59 Å². The van der Waals surface area contributed by atoms with Gasteiger partial charge in [-0.15, -0.1) is 0 Å². The van der Waals surface area contributed by atoms with Crippen LogP contribution in [-0.4, -0.2) is 51.8 Å². The summed E-state index contributed by atoms with van der Waals surface area (Å²) in [4.78, 5) is 25.1. The van der Waals surface area contributed by atoms with Gasteiger partial charge in [0.15, 0.2) is 0 Å². The number of likely N-dealkylation sites (tertiary alicyclic amines) is 1. The second-order valence-electron chi connectivity index (χ2n) is 6.88. The van der Waals surface area contributed by atoms with Crippen molar-refractivity contribution in [1.82, 2.24) is 15.3 Å². The second-order valence-corrected chi connectivity index (χ2v) is 9.84. The van der Waals surface area contributed by atoms with Crippen LogP contribution in [0.25, 0.3) is 0 Å². The van der Waals surface area contributed by atoms with E-state index < -0.39 is 9.89 Å². The highest BCUT2D eigenvalue weighted by Gasteiger charge is 2.37. The van der Waals surface area contributed by atoms with Crippen LogP contribution in [0.3, 0.4) is 0 Å². The summed E-state index contributed by atoms with van der Waals surface area (Å²) < 4.78 is 3.46. The summed E-state index contributed by atoms with van der Waals surface area (Å²) in [6.45, 7) is 1.58. The zero-order chi connectivity index (χ0) is 20.3. The molecule has 154 valence electrons. The second kappa shape index (κ2) is 9.37. The van der Waals surface area contributed by atoms with Gasteiger partial charge >= 0.3 is 6.09 Å². The van der Waals surface area contributed by atoms with Gasteiger partial charge in [-0.2, -0.15) is 0 Å². The minimum Gasteiger partial charge on any atom is -0.445 e. The normalized spacial score (nSPS) is 22.8. The lowest BCUT2D eigenvalue weighted by molar-refractivity contribution is -0.112. The maximum Gasteiger partial charge on any atom is 0.410 e. The first-order valence-corrected chi connectivity index (χ1v) is 10.5. The quantitative estimate of drug-likeness (QED) is 0.499. The lowest BCUT2D eigenvalue weighted by atomic mass is 9.91. The van der Waals surface area contributed by atoms with E-state index in [2.05, 4.69) is 5.43 Å². The van der Waals surface area contributed by atoms with Crippen LogP contribution in [0.15, 0.2) is 18.2 Å². The molecule has 0 aliphatic carbocycles. The molecule has 0 bridgehead atoms. The Morgan fingerprint density at radius 2 is 2.07 bits per heavy atom. The largest absolute Gasteiger partial charge is 0.445 e.